The second kappa shape index (κ2) is 6.35. The van der Waals surface area contributed by atoms with Crippen molar-refractivity contribution in [1.82, 2.24) is 15.3 Å². The maximum Gasteiger partial charge on any atom is 0.323 e. The first-order valence-electron chi connectivity index (χ1n) is 8.56. The van der Waals surface area contributed by atoms with Crippen LogP contribution in [0.15, 0.2) is 45.6 Å². The van der Waals surface area contributed by atoms with Gasteiger partial charge in [-0.25, -0.2) is 4.79 Å². The first-order valence-corrected chi connectivity index (χ1v) is 8.56. The van der Waals surface area contributed by atoms with Crippen LogP contribution in [0.25, 0.3) is 22.0 Å². The van der Waals surface area contributed by atoms with E-state index in [0.717, 1.165) is 11.1 Å². The van der Waals surface area contributed by atoms with E-state index in [1.165, 1.54) is 0 Å². The van der Waals surface area contributed by atoms with Gasteiger partial charge in [-0.2, -0.15) is 0 Å². The van der Waals surface area contributed by atoms with Gasteiger partial charge in [0.05, 0.1) is 29.7 Å². The summed E-state index contributed by atoms with van der Waals surface area (Å²) in [5.74, 6) is 0.982. The van der Waals surface area contributed by atoms with Gasteiger partial charge >= 0.3 is 5.69 Å². The van der Waals surface area contributed by atoms with Crippen LogP contribution >= 0.6 is 0 Å². The summed E-state index contributed by atoms with van der Waals surface area (Å²) in [4.78, 5) is 29.8. The monoisotopic (exact) mass is 365 g/mol. The number of nitrogens with one attached hydrogen (secondary N) is 3. The van der Waals surface area contributed by atoms with Gasteiger partial charge in [0, 0.05) is 5.39 Å². The summed E-state index contributed by atoms with van der Waals surface area (Å²) in [6.07, 6.45) is 0. The summed E-state index contributed by atoms with van der Waals surface area (Å²) in [6.45, 7) is 3.66. The minimum absolute atomic E-state index is 0.227. The van der Waals surface area contributed by atoms with E-state index in [0.29, 0.717) is 33.6 Å². The molecule has 0 aliphatic carbocycles. The average Bonchev–Trinajstić information content (AvgIpc) is 3.17. The van der Waals surface area contributed by atoms with Crippen LogP contribution in [0.5, 0.6) is 5.75 Å². The molecular weight excluding hydrogens is 346 g/mol. The quantitative estimate of drug-likeness (QED) is 0.516. The number of aromatic amines is 2. The number of ether oxygens (including phenoxy) is 1. The number of hydrogen-bond donors (Lipinski definition) is 3. The fourth-order valence-corrected chi connectivity index (χ4v) is 3.28. The van der Waals surface area contributed by atoms with Crippen molar-refractivity contribution in [3.63, 3.8) is 0 Å². The Balaban J connectivity index is 1.65. The van der Waals surface area contributed by atoms with Crippen molar-refractivity contribution in [2.24, 2.45) is 0 Å². The number of rotatable bonds is 4. The number of furan rings is 1. The summed E-state index contributed by atoms with van der Waals surface area (Å²) >= 11 is 0. The second-order valence-electron chi connectivity index (χ2n) is 6.47. The van der Waals surface area contributed by atoms with Crippen LogP contribution in [0, 0.1) is 6.92 Å². The fraction of sp³-hybridized carbons (Fsp3) is 0.200. The average molecular weight is 365 g/mol. The Kier molecular flexibility index (Phi) is 3.99. The maximum absolute atomic E-state index is 12.9. The van der Waals surface area contributed by atoms with Gasteiger partial charge in [0.15, 0.2) is 0 Å². The van der Waals surface area contributed by atoms with Crippen molar-refractivity contribution >= 4 is 27.9 Å². The predicted molar refractivity (Wildman–Crippen MR) is 102 cm³/mol. The molecule has 0 unspecified atom stereocenters. The molecule has 2 heterocycles. The van der Waals surface area contributed by atoms with Crippen LogP contribution in [0.1, 0.15) is 34.6 Å². The van der Waals surface area contributed by atoms with Crippen molar-refractivity contribution in [2.75, 3.05) is 7.11 Å². The van der Waals surface area contributed by atoms with Gasteiger partial charge in [0.1, 0.15) is 17.1 Å². The molecule has 0 bridgehead atoms. The second-order valence-corrected chi connectivity index (χ2v) is 6.47. The largest absolute Gasteiger partial charge is 0.497 e. The Morgan fingerprint density at radius 3 is 2.70 bits per heavy atom. The summed E-state index contributed by atoms with van der Waals surface area (Å²) in [7, 11) is 1.58. The summed E-state index contributed by atoms with van der Waals surface area (Å²) in [6, 6.07) is 10.7. The highest BCUT2D eigenvalue weighted by Gasteiger charge is 2.21. The van der Waals surface area contributed by atoms with Crippen molar-refractivity contribution < 1.29 is 13.9 Å². The number of carbonyl (C=O) groups is 1. The lowest BCUT2D eigenvalue weighted by molar-refractivity contribution is 0.0940. The molecule has 0 aliphatic heterocycles. The Labute approximate surface area is 154 Å². The molecule has 7 heteroatoms. The van der Waals surface area contributed by atoms with E-state index in [-0.39, 0.29) is 17.6 Å². The summed E-state index contributed by atoms with van der Waals surface area (Å²) in [5, 5.41) is 3.71. The van der Waals surface area contributed by atoms with Crippen molar-refractivity contribution in [1.29, 1.82) is 0 Å². The standard InChI is InChI=1S/C20H19N3O4/c1-10(12-4-6-15-16(8-12)23-20(25)22-15)21-19(24)18-11(2)27-17-7-5-13(26-3)9-14(17)18/h4-10H,1-3H3,(H,21,24)(H2,22,23,25)/t10-/m1/s1. The number of carbonyl (C=O) groups excluding carboxylic acids is 1. The van der Waals surface area contributed by atoms with E-state index in [4.69, 9.17) is 9.15 Å². The number of aryl methyl sites for hydroxylation is 1. The number of benzene rings is 2. The van der Waals surface area contributed by atoms with Gasteiger partial charge in [-0.15, -0.1) is 0 Å². The van der Waals surface area contributed by atoms with Gasteiger partial charge < -0.3 is 24.4 Å². The van der Waals surface area contributed by atoms with Crippen molar-refractivity contribution in [3.05, 3.63) is 63.8 Å². The number of hydrogen-bond acceptors (Lipinski definition) is 4. The zero-order chi connectivity index (χ0) is 19.1. The molecule has 0 aliphatic rings. The van der Waals surface area contributed by atoms with E-state index in [2.05, 4.69) is 15.3 Å². The third-order valence-corrected chi connectivity index (χ3v) is 4.69. The minimum Gasteiger partial charge on any atom is -0.497 e. The lowest BCUT2D eigenvalue weighted by atomic mass is 10.1. The van der Waals surface area contributed by atoms with Crippen LogP contribution < -0.4 is 15.7 Å². The third kappa shape index (κ3) is 2.97. The smallest absolute Gasteiger partial charge is 0.323 e. The first kappa shape index (κ1) is 17.0. The molecule has 0 saturated heterocycles. The van der Waals surface area contributed by atoms with Gasteiger partial charge in [0.2, 0.25) is 0 Å². The molecule has 0 saturated carbocycles. The molecule has 0 radical (unpaired) electrons. The predicted octanol–water partition coefficient (Wildman–Crippen LogP) is 3.41. The van der Waals surface area contributed by atoms with Crippen molar-refractivity contribution in [2.45, 2.75) is 19.9 Å². The van der Waals surface area contributed by atoms with Gasteiger partial charge in [-0.3, -0.25) is 4.79 Å². The highest BCUT2D eigenvalue weighted by atomic mass is 16.5. The first-order chi connectivity index (χ1) is 13.0. The van der Waals surface area contributed by atoms with E-state index in [1.807, 2.05) is 25.1 Å². The normalized spacial score (nSPS) is 12.4. The fourth-order valence-electron chi connectivity index (χ4n) is 3.28. The zero-order valence-corrected chi connectivity index (χ0v) is 15.2. The molecule has 27 heavy (non-hydrogen) atoms. The van der Waals surface area contributed by atoms with Crippen LogP contribution in [-0.2, 0) is 0 Å². The van der Waals surface area contributed by atoms with Gasteiger partial charge in [-0.05, 0) is 49.7 Å². The molecule has 2 aromatic carbocycles. The number of H-pyrrole nitrogens is 2. The highest BCUT2D eigenvalue weighted by molar-refractivity contribution is 6.07. The molecule has 138 valence electrons. The summed E-state index contributed by atoms with van der Waals surface area (Å²) < 4.78 is 11.0. The van der Waals surface area contributed by atoms with Crippen LogP contribution in [-0.4, -0.2) is 23.0 Å². The molecule has 3 N–H and O–H groups in total. The Morgan fingerprint density at radius 2 is 1.93 bits per heavy atom. The van der Waals surface area contributed by atoms with Crippen molar-refractivity contribution in [3.8, 4) is 5.75 Å². The van der Waals surface area contributed by atoms with E-state index >= 15 is 0 Å². The molecule has 1 amide bonds. The number of fused-ring (bicyclic) bond motifs is 2. The number of imidazole rings is 1. The SMILES string of the molecule is COc1ccc2oc(C)c(C(=O)N[C@H](C)c3ccc4[nH]c(=O)[nH]c4c3)c2c1. The summed E-state index contributed by atoms with van der Waals surface area (Å²) in [5.41, 5.74) is 3.19. The van der Waals surface area contributed by atoms with E-state index in [1.54, 1.807) is 32.2 Å². The molecular formula is C20H19N3O4. The Hall–Kier alpha value is -3.48. The number of aromatic nitrogens is 2. The van der Waals surface area contributed by atoms with E-state index in [9.17, 15) is 9.59 Å². The van der Waals surface area contributed by atoms with Crippen LogP contribution in [0.3, 0.4) is 0 Å². The van der Waals surface area contributed by atoms with Gasteiger partial charge in [-0.1, -0.05) is 6.07 Å². The lowest BCUT2D eigenvalue weighted by Gasteiger charge is -2.14. The molecule has 0 fully saturated rings. The third-order valence-electron chi connectivity index (χ3n) is 4.69. The lowest BCUT2D eigenvalue weighted by Crippen LogP contribution is -2.27. The Morgan fingerprint density at radius 1 is 1.15 bits per heavy atom. The van der Waals surface area contributed by atoms with Crippen LogP contribution in [0.4, 0.5) is 0 Å². The molecule has 4 aromatic rings. The van der Waals surface area contributed by atoms with Gasteiger partial charge in [0.25, 0.3) is 5.91 Å². The highest BCUT2D eigenvalue weighted by Crippen LogP contribution is 2.29. The molecule has 1 atom stereocenters. The van der Waals surface area contributed by atoms with Crippen LogP contribution in [0.2, 0.25) is 0 Å². The molecule has 4 rings (SSSR count). The Bertz CT molecular complexity index is 1220. The van der Waals surface area contributed by atoms with E-state index < -0.39 is 0 Å². The maximum atomic E-state index is 12.9. The number of amides is 1. The zero-order valence-electron chi connectivity index (χ0n) is 15.2. The minimum atomic E-state index is -0.256. The molecule has 0 spiro atoms. The number of methoxy groups -OCH3 is 1. The molecule has 2 aromatic heterocycles. The topological polar surface area (TPSA) is 100 Å². The molecule has 7 nitrogen and oxygen atoms in total.